The van der Waals surface area contributed by atoms with Gasteiger partial charge in [-0.2, -0.15) is 0 Å². The highest BCUT2D eigenvalue weighted by molar-refractivity contribution is 6.18. The van der Waals surface area contributed by atoms with Crippen LogP contribution in [0.25, 0.3) is 0 Å². The van der Waals surface area contributed by atoms with E-state index in [2.05, 4.69) is 26.1 Å². The van der Waals surface area contributed by atoms with Gasteiger partial charge >= 0.3 is 0 Å². The third-order valence-corrected chi connectivity index (χ3v) is 2.76. The highest BCUT2D eigenvalue weighted by atomic mass is 35.5. The molecule has 1 fully saturated rings. The number of halogens is 1. The molecule has 1 N–H and O–H groups in total. The van der Waals surface area contributed by atoms with Crippen LogP contribution in [0, 0.1) is 0 Å². The van der Waals surface area contributed by atoms with Gasteiger partial charge in [0, 0.05) is 18.0 Å². The molecule has 0 saturated heterocycles. The van der Waals surface area contributed by atoms with Crippen LogP contribution in [0.1, 0.15) is 33.6 Å². The monoisotopic (exact) mass is 205 g/mol. The summed E-state index contributed by atoms with van der Waals surface area (Å²) in [6.07, 6.45) is 2.43. The van der Waals surface area contributed by atoms with Crippen molar-refractivity contribution in [1.82, 2.24) is 5.32 Å². The molecule has 0 spiro atoms. The topological polar surface area (TPSA) is 21.3 Å². The van der Waals surface area contributed by atoms with Crippen LogP contribution in [0.15, 0.2) is 0 Å². The Kier molecular flexibility index (Phi) is 3.61. The molecule has 0 radical (unpaired) electrons. The summed E-state index contributed by atoms with van der Waals surface area (Å²) in [6.45, 7) is 7.89. The van der Waals surface area contributed by atoms with Crippen LogP contribution in [0.4, 0.5) is 0 Å². The molecule has 0 atom stereocenters. The van der Waals surface area contributed by atoms with E-state index >= 15 is 0 Å². The third-order valence-electron chi connectivity index (χ3n) is 2.25. The average Bonchev–Trinajstić information content (AvgIpc) is 2.78. The van der Waals surface area contributed by atoms with Crippen molar-refractivity contribution in [1.29, 1.82) is 0 Å². The quantitative estimate of drug-likeness (QED) is 0.549. The van der Waals surface area contributed by atoms with Crippen molar-refractivity contribution >= 4 is 11.6 Å². The standard InChI is InChI=1S/C10H20ClNO/c1-9(2,3)13-7-6-12-10(8-11)4-5-10/h12H,4-8H2,1-3H3. The number of alkyl halides is 1. The lowest BCUT2D eigenvalue weighted by atomic mass is 10.2. The first kappa shape index (κ1) is 11.3. The lowest BCUT2D eigenvalue weighted by molar-refractivity contribution is -0.00172. The highest BCUT2D eigenvalue weighted by Crippen LogP contribution is 2.35. The van der Waals surface area contributed by atoms with Gasteiger partial charge in [0.25, 0.3) is 0 Å². The molecule has 0 unspecified atom stereocenters. The normalized spacial score (nSPS) is 20.3. The maximum atomic E-state index is 5.82. The molecule has 13 heavy (non-hydrogen) atoms. The molecule has 78 valence electrons. The Balaban J connectivity index is 2.02. The van der Waals surface area contributed by atoms with Crippen LogP contribution in [-0.4, -0.2) is 30.2 Å². The van der Waals surface area contributed by atoms with Crippen molar-refractivity contribution in [3.8, 4) is 0 Å². The van der Waals surface area contributed by atoms with Gasteiger partial charge in [-0.15, -0.1) is 11.6 Å². The zero-order chi connectivity index (χ0) is 9.95. The summed E-state index contributed by atoms with van der Waals surface area (Å²) in [4.78, 5) is 0. The Morgan fingerprint density at radius 1 is 1.38 bits per heavy atom. The first-order valence-corrected chi connectivity index (χ1v) is 5.46. The van der Waals surface area contributed by atoms with Gasteiger partial charge in [0.2, 0.25) is 0 Å². The molecule has 3 heteroatoms. The van der Waals surface area contributed by atoms with E-state index < -0.39 is 0 Å². The first-order valence-electron chi connectivity index (χ1n) is 4.92. The Bertz CT molecular complexity index is 161. The lowest BCUT2D eigenvalue weighted by Gasteiger charge is -2.21. The Morgan fingerprint density at radius 2 is 2.00 bits per heavy atom. The zero-order valence-corrected chi connectivity index (χ0v) is 9.58. The molecule has 1 aliphatic carbocycles. The van der Waals surface area contributed by atoms with Crippen LogP contribution in [0.3, 0.4) is 0 Å². The number of ether oxygens (including phenoxy) is 1. The van der Waals surface area contributed by atoms with E-state index in [1.807, 2.05) is 0 Å². The second-order valence-electron chi connectivity index (χ2n) is 4.80. The molecule has 0 heterocycles. The Morgan fingerprint density at radius 3 is 2.38 bits per heavy atom. The van der Waals surface area contributed by atoms with Gasteiger partial charge in [0.15, 0.2) is 0 Å². The van der Waals surface area contributed by atoms with Gasteiger partial charge in [0.1, 0.15) is 0 Å². The number of hydrogen-bond donors (Lipinski definition) is 1. The summed E-state index contributed by atoms with van der Waals surface area (Å²) in [5.74, 6) is 0.725. The van der Waals surface area contributed by atoms with Gasteiger partial charge in [-0.1, -0.05) is 0 Å². The third kappa shape index (κ3) is 4.30. The van der Waals surface area contributed by atoms with E-state index in [1.165, 1.54) is 12.8 Å². The van der Waals surface area contributed by atoms with E-state index in [0.29, 0.717) is 0 Å². The van der Waals surface area contributed by atoms with E-state index in [1.54, 1.807) is 0 Å². The van der Waals surface area contributed by atoms with Crippen molar-refractivity contribution in [2.45, 2.75) is 44.8 Å². The lowest BCUT2D eigenvalue weighted by Crippen LogP contribution is -2.36. The van der Waals surface area contributed by atoms with Gasteiger partial charge in [-0.25, -0.2) is 0 Å². The molecule has 0 aromatic carbocycles. The van der Waals surface area contributed by atoms with E-state index in [-0.39, 0.29) is 11.1 Å². The molecule has 0 aromatic heterocycles. The summed E-state index contributed by atoms with van der Waals surface area (Å²) >= 11 is 5.82. The smallest absolute Gasteiger partial charge is 0.0599 e. The number of hydrogen-bond acceptors (Lipinski definition) is 2. The van der Waals surface area contributed by atoms with Crippen LogP contribution >= 0.6 is 11.6 Å². The van der Waals surface area contributed by atoms with E-state index in [0.717, 1.165) is 19.0 Å². The Hall–Kier alpha value is 0.210. The Labute approximate surface area is 86.0 Å². The SMILES string of the molecule is CC(C)(C)OCCNC1(CCl)CC1. The van der Waals surface area contributed by atoms with Crippen LogP contribution in [0.5, 0.6) is 0 Å². The molecule has 0 aliphatic heterocycles. The maximum Gasteiger partial charge on any atom is 0.0599 e. The molecule has 0 amide bonds. The molecule has 2 nitrogen and oxygen atoms in total. The average molecular weight is 206 g/mol. The van der Waals surface area contributed by atoms with Crippen molar-refractivity contribution in [3.05, 3.63) is 0 Å². The van der Waals surface area contributed by atoms with Crippen molar-refractivity contribution in [3.63, 3.8) is 0 Å². The molecule has 1 rings (SSSR count). The summed E-state index contributed by atoms with van der Waals surface area (Å²) in [6, 6.07) is 0. The molecule has 0 aromatic rings. The molecule has 0 bridgehead atoms. The predicted octanol–water partition coefficient (Wildman–Crippen LogP) is 2.16. The fraction of sp³-hybridized carbons (Fsp3) is 1.00. The predicted molar refractivity (Wildman–Crippen MR) is 56.4 cm³/mol. The first-order chi connectivity index (χ1) is 5.97. The molecule has 1 aliphatic rings. The molecule has 1 saturated carbocycles. The minimum absolute atomic E-state index is 0.0284. The fourth-order valence-corrected chi connectivity index (χ4v) is 1.54. The van der Waals surface area contributed by atoms with Gasteiger partial charge < -0.3 is 10.1 Å². The van der Waals surface area contributed by atoms with Gasteiger partial charge in [-0.3, -0.25) is 0 Å². The summed E-state index contributed by atoms with van der Waals surface area (Å²) in [5, 5.41) is 3.44. The fourth-order valence-electron chi connectivity index (χ4n) is 1.18. The minimum atomic E-state index is -0.0284. The van der Waals surface area contributed by atoms with Crippen LogP contribution in [0.2, 0.25) is 0 Å². The van der Waals surface area contributed by atoms with E-state index in [4.69, 9.17) is 16.3 Å². The summed E-state index contributed by atoms with van der Waals surface area (Å²) in [7, 11) is 0. The van der Waals surface area contributed by atoms with Crippen molar-refractivity contribution < 1.29 is 4.74 Å². The largest absolute Gasteiger partial charge is 0.375 e. The number of nitrogens with one attached hydrogen (secondary N) is 1. The number of rotatable bonds is 5. The molecular weight excluding hydrogens is 186 g/mol. The van der Waals surface area contributed by atoms with Gasteiger partial charge in [-0.05, 0) is 33.6 Å². The molecular formula is C10H20ClNO. The maximum absolute atomic E-state index is 5.82. The van der Waals surface area contributed by atoms with Crippen LogP contribution in [-0.2, 0) is 4.74 Å². The summed E-state index contributed by atoms with van der Waals surface area (Å²) in [5.41, 5.74) is 0.224. The van der Waals surface area contributed by atoms with E-state index in [9.17, 15) is 0 Å². The zero-order valence-electron chi connectivity index (χ0n) is 8.82. The van der Waals surface area contributed by atoms with Gasteiger partial charge in [0.05, 0.1) is 12.2 Å². The second-order valence-corrected chi connectivity index (χ2v) is 5.07. The van der Waals surface area contributed by atoms with Crippen molar-refractivity contribution in [2.24, 2.45) is 0 Å². The second kappa shape index (κ2) is 4.16. The highest BCUT2D eigenvalue weighted by Gasteiger charge is 2.40. The van der Waals surface area contributed by atoms with Crippen molar-refractivity contribution in [2.75, 3.05) is 19.0 Å². The van der Waals surface area contributed by atoms with Crippen LogP contribution < -0.4 is 5.32 Å². The minimum Gasteiger partial charge on any atom is -0.375 e. The summed E-state index contributed by atoms with van der Waals surface area (Å²) < 4.78 is 5.59.